The van der Waals surface area contributed by atoms with E-state index in [-0.39, 0.29) is 26.9 Å². The lowest BCUT2D eigenvalue weighted by Gasteiger charge is -2.23. The minimum absolute atomic E-state index is 0. The fraction of sp³-hybridized carbons (Fsp3) is 0.800. The molecule has 98 valence electrons. The number of hydrogen-bond acceptors (Lipinski definition) is 1. The minimum atomic E-state index is 0. The van der Waals surface area contributed by atoms with Crippen LogP contribution in [0.15, 0.2) is 0 Å². The summed E-state index contributed by atoms with van der Waals surface area (Å²) < 4.78 is 0. The van der Waals surface area contributed by atoms with E-state index in [0.717, 1.165) is 13.1 Å². The monoisotopic (exact) mass is 234 g/mol. The summed E-state index contributed by atoms with van der Waals surface area (Å²) in [5.74, 6) is 0.662. The van der Waals surface area contributed by atoms with Crippen molar-refractivity contribution >= 4 is 11.8 Å². The van der Waals surface area contributed by atoms with Gasteiger partial charge in [-0.05, 0) is 13.5 Å². The van der Waals surface area contributed by atoms with Gasteiger partial charge in [-0.15, -0.1) is 0 Å². The van der Waals surface area contributed by atoms with Gasteiger partial charge in [0.2, 0.25) is 0 Å². The number of likely N-dealkylation sites (N-methyl/N-ethyl adjacent to an activating group) is 1. The molecule has 0 saturated carbocycles. The number of nitrogens with one attached hydrogen (secondary N) is 1. The van der Waals surface area contributed by atoms with E-state index in [9.17, 15) is 0 Å². The quantitative estimate of drug-likeness (QED) is 0.241. The smallest absolute Gasteiger partial charge is 0.291 e. The Kier molecular flexibility index (Phi) is 12.9. The Hall–Kier alpha value is -1.30. The second-order valence-corrected chi connectivity index (χ2v) is 3.19. The van der Waals surface area contributed by atoms with Gasteiger partial charge >= 0.3 is 5.96 Å². The van der Waals surface area contributed by atoms with Crippen LogP contribution in [0.1, 0.15) is 28.7 Å². The van der Waals surface area contributed by atoms with Crippen LogP contribution in [0.3, 0.4) is 0 Å². The molecule has 1 unspecified atom stereocenters. The molecule has 0 heterocycles. The van der Waals surface area contributed by atoms with Crippen molar-refractivity contribution in [3.05, 3.63) is 0 Å². The molecule has 16 heavy (non-hydrogen) atoms. The van der Waals surface area contributed by atoms with E-state index >= 15 is 0 Å². The molecule has 0 rings (SSSR count). The summed E-state index contributed by atoms with van der Waals surface area (Å²) in [6, 6.07) is 0.0702. The maximum Gasteiger partial charge on any atom is 0.338 e. The van der Waals surface area contributed by atoms with Crippen molar-refractivity contribution in [1.29, 1.82) is 0 Å². The highest BCUT2D eigenvalue weighted by atomic mass is 15.2. The number of amidine groups is 1. The number of rotatable bonds is 6. The molecule has 0 aromatic carbocycles. The predicted molar refractivity (Wildman–Crippen MR) is 70.5 cm³/mol. The molecule has 0 radical (unpaired) electrons. The van der Waals surface area contributed by atoms with Crippen LogP contribution in [0, 0.1) is 0 Å². The van der Waals surface area contributed by atoms with Crippen LogP contribution in [0.4, 0.5) is 0 Å². The zero-order valence-corrected chi connectivity index (χ0v) is 8.96. The van der Waals surface area contributed by atoms with E-state index in [0.29, 0.717) is 12.4 Å². The van der Waals surface area contributed by atoms with Gasteiger partial charge in [0.15, 0.2) is 0 Å². The average molecular weight is 234 g/mol. The van der Waals surface area contributed by atoms with Gasteiger partial charge in [0, 0.05) is 6.54 Å². The van der Waals surface area contributed by atoms with Crippen molar-refractivity contribution < 1.29 is 10.4 Å². The third-order valence-electron chi connectivity index (χ3n) is 2.16. The van der Waals surface area contributed by atoms with Gasteiger partial charge in [-0.25, -0.2) is 0 Å². The highest BCUT2D eigenvalue weighted by Gasteiger charge is 2.17. The van der Waals surface area contributed by atoms with Crippen LogP contribution in [0.5, 0.6) is 0 Å². The molecule has 0 aliphatic carbocycles. The molecule has 6 heteroatoms. The first-order valence-electron chi connectivity index (χ1n) is 4.72. The molecule has 6 nitrogen and oxygen atoms in total. The number of nitrogens with zero attached hydrogens (tertiary/aromatic N) is 1. The van der Waals surface area contributed by atoms with E-state index in [1.165, 1.54) is 0 Å². The highest BCUT2D eigenvalue weighted by Crippen LogP contribution is 1.94. The zero-order valence-electron chi connectivity index (χ0n) is 8.96. The Morgan fingerprint density at radius 2 is 1.81 bits per heavy atom. The van der Waals surface area contributed by atoms with Crippen molar-refractivity contribution in [2.24, 2.45) is 17.2 Å². The molecule has 0 fully saturated rings. The Morgan fingerprint density at radius 1 is 1.31 bits per heavy atom. The molecular weight excluding hydrogens is 204 g/mol. The lowest BCUT2D eigenvalue weighted by atomic mass is 10.2. The van der Waals surface area contributed by atoms with Gasteiger partial charge in [0.05, 0.1) is 6.54 Å². The number of nitrogens with two attached hydrogens (primary N) is 4. The molecule has 9 N–H and O–H groups in total. The maximum atomic E-state index is 5.52. The summed E-state index contributed by atoms with van der Waals surface area (Å²) in [6.45, 7) is 6.38. The van der Waals surface area contributed by atoms with Gasteiger partial charge in [-0.2, -0.15) is 0 Å². The standard InChI is InChI=1S/C8H20N6.2CH4/c1-3-14(6(2)7(9)10)5-4-13-8(11)12;;/h6H,3-5H2,1-2H3,(H3,9,10)(H4,11,12,13);2*1H4/p+2. The normalized spacial score (nSPS) is 10.9. The van der Waals surface area contributed by atoms with Crippen LogP contribution in [0.2, 0.25) is 0 Å². The maximum absolute atomic E-state index is 5.52. The van der Waals surface area contributed by atoms with Crippen LogP contribution in [-0.4, -0.2) is 42.4 Å². The van der Waals surface area contributed by atoms with E-state index in [4.69, 9.17) is 22.6 Å². The van der Waals surface area contributed by atoms with Crippen LogP contribution >= 0.6 is 0 Å². The van der Waals surface area contributed by atoms with Crippen molar-refractivity contribution in [1.82, 2.24) is 4.90 Å². The van der Waals surface area contributed by atoms with Crippen molar-refractivity contribution in [2.75, 3.05) is 19.6 Å². The molecule has 0 amide bonds. The summed E-state index contributed by atoms with van der Waals surface area (Å²) in [6.07, 6.45) is 0. The summed E-state index contributed by atoms with van der Waals surface area (Å²) in [7, 11) is 0. The molecular formula is C10H30N6+2. The summed E-state index contributed by atoms with van der Waals surface area (Å²) in [5, 5.41) is 5.52. The average Bonchev–Trinajstić information content (AvgIpc) is 2.10. The summed E-state index contributed by atoms with van der Waals surface area (Å²) in [4.78, 5) is 4.97. The van der Waals surface area contributed by atoms with E-state index in [1.807, 2.05) is 6.92 Å². The third-order valence-corrected chi connectivity index (χ3v) is 2.16. The number of guanidine groups is 1. The molecule has 1 atom stereocenters. The molecule has 0 aromatic heterocycles. The van der Waals surface area contributed by atoms with Crippen LogP contribution < -0.4 is 27.6 Å². The van der Waals surface area contributed by atoms with Crippen LogP contribution in [0.25, 0.3) is 0 Å². The molecule has 0 spiro atoms. The van der Waals surface area contributed by atoms with Crippen LogP contribution in [-0.2, 0) is 0 Å². The van der Waals surface area contributed by atoms with Crippen molar-refractivity contribution in [3.8, 4) is 0 Å². The van der Waals surface area contributed by atoms with Gasteiger partial charge in [0.25, 0.3) is 5.84 Å². The Bertz CT molecular complexity index is 209. The summed E-state index contributed by atoms with van der Waals surface area (Å²) in [5.41, 5.74) is 16.1. The number of hydrogen-bond donors (Lipinski definition) is 5. The third kappa shape index (κ3) is 8.05. The largest absolute Gasteiger partial charge is 0.338 e. The molecule has 0 aliphatic rings. The first-order chi connectivity index (χ1) is 6.49. The van der Waals surface area contributed by atoms with E-state index < -0.39 is 0 Å². The first kappa shape index (κ1) is 20.2. The Balaban J connectivity index is -0.000000845. The topological polar surface area (TPSA) is 121 Å². The van der Waals surface area contributed by atoms with Gasteiger partial charge < -0.3 is 0 Å². The zero-order chi connectivity index (χ0) is 11.1. The van der Waals surface area contributed by atoms with Crippen molar-refractivity contribution in [2.45, 2.75) is 34.7 Å². The lowest BCUT2D eigenvalue weighted by molar-refractivity contribution is -0.459. The highest BCUT2D eigenvalue weighted by molar-refractivity contribution is 5.79. The molecule has 0 bridgehead atoms. The second kappa shape index (κ2) is 10.2. The fourth-order valence-electron chi connectivity index (χ4n) is 1.18. The lowest BCUT2D eigenvalue weighted by Crippen LogP contribution is -2.79. The second-order valence-electron chi connectivity index (χ2n) is 3.19. The van der Waals surface area contributed by atoms with E-state index in [2.05, 4.69) is 16.8 Å². The summed E-state index contributed by atoms with van der Waals surface area (Å²) >= 11 is 0. The van der Waals surface area contributed by atoms with Gasteiger partial charge in [-0.1, -0.05) is 21.8 Å². The van der Waals surface area contributed by atoms with Crippen molar-refractivity contribution in [3.63, 3.8) is 0 Å². The van der Waals surface area contributed by atoms with E-state index in [1.54, 1.807) is 0 Å². The Morgan fingerprint density at radius 3 is 2.12 bits per heavy atom. The Labute approximate surface area is 99.4 Å². The molecule has 0 saturated heterocycles. The molecule has 0 aromatic rings. The predicted octanol–water partition coefficient (Wildman–Crippen LogP) is -3.56. The molecule has 0 aliphatic heterocycles. The van der Waals surface area contributed by atoms with Gasteiger partial charge in [0.1, 0.15) is 6.04 Å². The van der Waals surface area contributed by atoms with Gasteiger partial charge in [-0.3, -0.25) is 32.5 Å². The fourth-order valence-corrected chi connectivity index (χ4v) is 1.18. The minimum Gasteiger partial charge on any atom is -0.291 e. The SMILES string of the molecule is C.C.CCN(CC[NH+]=C(N)N)C(C)C(N)=[NH2+]. The first-order valence-corrected chi connectivity index (χ1v) is 4.72.